The third kappa shape index (κ3) is 6.47. The summed E-state index contributed by atoms with van der Waals surface area (Å²) in [6.07, 6.45) is 2.36. The van der Waals surface area contributed by atoms with E-state index in [-0.39, 0.29) is 30.1 Å². The molecule has 1 saturated heterocycles. The smallest absolute Gasteiger partial charge is 0.261 e. The number of rotatable bonds is 7. The molecule has 0 aliphatic carbocycles. The Morgan fingerprint density at radius 2 is 2.00 bits per heavy atom. The standard InChI is InChI=1S/C15H23N3O3S.ClH/c16-13(11-4-8-21-9-5-11)15(20)18-7-2-6-17-14(19)12-3-1-10-22-12;/h1,3,10-11,13H,2,4-9,16H2,(H,17,19)(H,18,20);1H. The molecule has 4 N–H and O–H groups in total. The molecule has 0 radical (unpaired) electrons. The van der Waals surface area contributed by atoms with Crippen LogP contribution in [-0.2, 0) is 9.53 Å². The average molecular weight is 362 g/mol. The van der Waals surface area contributed by atoms with Crippen molar-refractivity contribution in [2.45, 2.75) is 25.3 Å². The third-order valence-electron chi connectivity index (χ3n) is 3.76. The van der Waals surface area contributed by atoms with Gasteiger partial charge in [-0.1, -0.05) is 6.07 Å². The van der Waals surface area contributed by atoms with Crippen LogP contribution in [0.5, 0.6) is 0 Å². The molecule has 0 bridgehead atoms. The molecule has 1 aliphatic heterocycles. The number of nitrogens with two attached hydrogens (primary N) is 1. The number of carbonyl (C=O) groups is 2. The van der Waals surface area contributed by atoms with Gasteiger partial charge in [-0.25, -0.2) is 0 Å². The second-order valence-electron chi connectivity index (χ2n) is 5.35. The van der Waals surface area contributed by atoms with E-state index in [0.717, 1.165) is 12.8 Å². The van der Waals surface area contributed by atoms with Crippen LogP contribution in [0.1, 0.15) is 28.9 Å². The highest BCUT2D eigenvalue weighted by Gasteiger charge is 2.26. The molecular formula is C15H24ClN3O3S. The van der Waals surface area contributed by atoms with Gasteiger partial charge in [-0.05, 0) is 36.6 Å². The Kier molecular flexibility index (Phi) is 9.16. The van der Waals surface area contributed by atoms with Gasteiger partial charge in [-0.3, -0.25) is 9.59 Å². The maximum absolute atomic E-state index is 12.0. The van der Waals surface area contributed by atoms with Crippen LogP contribution in [0, 0.1) is 5.92 Å². The second-order valence-corrected chi connectivity index (χ2v) is 6.30. The fraction of sp³-hybridized carbons (Fsp3) is 0.600. The molecular weight excluding hydrogens is 338 g/mol. The van der Waals surface area contributed by atoms with Crippen LogP contribution >= 0.6 is 23.7 Å². The summed E-state index contributed by atoms with van der Waals surface area (Å²) in [6.45, 7) is 2.41. The van der Waals surface area contributed by atoms with E-state index in [1.807, 2.05) is 11.4 Å². The molecule has 0 aromatic carbocycles. The Morgan fingerprint density at radius 1 is 1.30 bits per heavy atom. The summed E-state index contributed by atoms with van der Waals surface area (Å²) < 4.78 is 5.27. The van der Waals surface area contributed by atoms with Crippen LogP contribution in [0.4, 0.5) is 0 Å². The highest BCUT2D eigenvalue weighted by Crippen LogP contribution is 2.17. The summed E-state index contributed by atoms with van der Waals surface area (Å²) in [5.41, 5.74) is 5.98. The molecule has 8 heteroatoms. The Hall–Kier alpha value is -1.15. The number of amides is 2. The van der Waals surface area contributed by atoms with Gasteiger partial charge in [0.1, 0.15) is 0 Å². The number of halogens is 1. The molecule has 6 nitrogen and oxygen atoms in total. The molecule has 1 aliphatic rings. The fourth-order valence-corrected chi connectivity index (χ4v) is 3.04. The van der Waals surface area contributed by atoms with Gasteiger partial charge in [0.2, 0.25) is 5.91 Å². The summed E-state index contributed by atoms with van der Waals surface area (Å²) >= 11 is 1.41. The summed E-state index contributed by atoms with van der Waals surface area (Å²) in [7, 11) is 0. The van der Waals surface area contributed by atoms with Crippen molar-refractivity contribution in [3.05, 3.63) is 22.4 Å². The van der Waals surface area contributed by atoms with E-state index in [4.69, 9.17) is 10.5 Å². The van der Waals surface area contributed by atoms with Gasteiger partial charge in [0.25, 0.3) is 5.91 Å². The van der Waals surface area contributed by atoms with Crippen molar-refractivity contribution < 1.29 is 14.3 Å². The lowest BCUT2D eigenvalue weighted by Gasteiger charge is -2.26. The third-order valence-corrected chi connectivity index (χ3v) is 4.63. The van der Waals surface area contributed by atoms with E-state index in [2.05, 4.69) is 10.6 Å². The van der Waals surface area contributed by atoms with E-state index in [1.165, 1.54) is 11.3 Å². The lowest BCUT2D eigenvalue weighted by molar-refractivity contribution is -0.124. The quantitative estimate of drug-likeness (QED) is 0.635. The maximum Gasteiger partial charge on any atom is 0.261 e. The van der Waals surface area contributed by atoms with Crippen LogP contribution in [0.15, 0.2) is 17.5 Å². The number of thiophene rings is 1. The number of nitrogens with one attached hydrogen (secondary N) is 2. The van der Waals surface area contributed by atoms with Gasteiger partial charge in [0.05, 0.1) is 10.9 Å². The largest absolute Gasteiger partial charge is 0.381 e. The van der Waals surface area contributed by atoms with Gasteiger partial charge in [0.15, 0.2) is 0 Å². The van der Waals surface area contributed by atoms with E-state index < -0.39 is 6.04 Å². The number of ether oxygens (including phenoxy) is 1. The SMILES string of the molecule is Cl.NC(C(=O)NCCCNC(=O)c1cccs1)C1CCOCC1. The first kappa shape index (κ1) is 19.9. The van der Waals surface area contributed by atoms with E-state index >= 15 is 0 Å². The number of hydrogen-bond donors (Lipinski definition) is 3. The zero-order chi connectivity index (χ0) is 15.8. The first-order chi connectivity index (χ1) is 10.7. The van der Waals surface area contributed by atoms with Crippen molar-refractivity contribution >= 4 is 35.6 Å². The lowest BCUT2D eigenvalue weighted by Crippen LogP contribution is -2.47. The van der Waals surface area contributed by atoms with Crippen molar-refractivity contribution in [3.8, 4) is 0 Å². The molecule has 0 spiro atoms. The van der Waals surface area contributed by atoms with Crippen LogP contribution < -0.4 is 16.4 Å². The van der Waals surface area contributed by atoms with Crippen LogP contribution in [0.3, 0.4) is 0 Å². The molecule has 1 fully saturated rings. The second kappa shape index (κ2) is 10.6. The van der Waals surface area contributed by atoms with Gasteiger partial charge in [-0.15, -0.1) is 23.7 Å². The fourth-order valence-electron chi connectivity index (χ4n) is 2.40. The number of carbonyl (C=O) groups excluding carboxylic acids is 2. The van der Waals surface area contributed by atoms with Crippen molar-refractivity contribution in [2.24, 2.45) is 11.7 Å². The molecule has 1 aromatic rings. The van der Waals surface area contributed by atoms with Crippen molar-refractivity contribution in [2.75, 3.05) is 26.3 Å². The van der Waals surface area contributed by atoms with Crippen LogP contribution in [0.25, 0.3) is 0 Å². The van der Waals surface area contributed by atoms with Crippen molar-refractivity contribution in [1.29, 1.82) is 0 Å². The summed E-state index contributed by atoms with van der Waals surface area (Å²) in [5.74, 6) is 0.0176. The van der Waals surface area contributed by atoms with Crippen molar-refractivity contribution in [1.82, 2.24) is 10.6 Å². The lowest BCUT2D eigenvalue weighted by atomic mass is 9.92. The first-order valence-electron chi connectivity index (χ1n) is 7.61. The average Bonchev–Trinajstić information content (AvgIpc) is 3.09. The molecule has 0 saturated carbocycles. The zero-order valence-electron chi connectivity index (χ0n) is 13.0. The topological polar surface area (TPSA) is 93.5 Å². The van der Waals surface area contributed by atoms with Crippen molar-refractivity contribution in [3.63, 3.8) is 0 Å². The minimum Gasteiger partial charge on any atom is -0.381 e. The minimum atomic E-state index is -0.468. The Bertz CT molecular complexity index is 478. The Labute approximate surface area is 146 Å². The summed E-state index contributed by atoms with van der Waals surface area (Å²) in [6, 6.07) is 3.16. The van der Waals surface area contributed by atoms with Gasteiger partial charge in [-0.2, -0.15) is 0 Å². The number of hydrogen-bond acceptors (Lipinski definition) is 5. The predicted octanol–water partition coefficient (Wildman–Crippen LogP) is 1.16. The van der Waals surface area contributed by atoms with Gasteiger partial charge < -0.3 is 21.1 Å². The predicted molar refractivity (Wildman–Crippen MR) is 93.0 cm³/mol. The van der Waals surface area contributed by atoms with Gasteiger partial charge in [0, 0.05) is 26.3 Å². The van der Waals surface area contributed by atoms with E-state index in [1.54, 1.807) is 6.07 Å². The molecule has 1 unspecified atom stereocenters. The molecule has 23 heavy (non-hydrogen) atoms. The molecule has 2 heterocycles. The molecule has 2 rings (SSSR count). The highest BCUT2D eigenvalue weighted by atomic mass is 35.5. The van der Waals surface area contributed by atoms with Crippen LogP contribution in [-0.4, -0.2) is 44.2 Å². The monoisotopic (exact) mass is 361 g/mol. The van der Waals surface area contributed by atoms with Gasteiger partial charge >= 0.3 is 0 Å². The zero-order valence-corrected chi connectivity index (χ0v) is 14.6. The minimum absolute atomic E-state index is 0. The summed E-state index contributed by atoms with van der Waals surface area (Å²) in [4.78, 5) is 24.4. The maximum atomic E-state index is 12.0. The Balaban J connectivity index is 0.00000264. The first-order valence-corrected chi connectivity index (χ1v) is 8.49. The highest BCUT2D eigenvalue weighted by molar-refractivity contribution is 7.12. The Morgan fingerprint density at radius 3 is 2.65 bits per heavy atom. The molecule has 2 amide bonds. The van der Waals surface area contributed by atoms with Crippen LogP contribution in [0.2, 0.25) is 0 Å². The normalized spacial score (nSPS) is 16.2. The molecule has 130 valence electrons. The van der Waals surface area contributed by atoms with E-state index in [9.17, 15) is 9.59 Å². The molecule has 1 atom stereocenters. The van der Waals surface area contributed by atoms with E-state index in [0.29, 0.717) is 37.6 Å². The summed E-state index contributed by atoms with van der Waals surface area (Å²) in [5, 5.41) is 7.53. The molecule has 1 aromatic heterocycles.